The number of piperazine rings is 1. The van der Waals surface area contributed by atoms with Crippen molar-refractivity contribution in [2.45, 2.75) is 40.3 Å². The SMILES string of the molecule is Cc1ccc(CN2CCNC(C(C)(C)C)C2)cn1. The summed E-state index contributed by atoms with van der Waals surface area (Å²) in [5, 5.41) is 3.63. The van der Waals surface area contributed by atoms with Crippen molar-refractivity contribution in [3.8, 4) is 0 Å². The molecule has 2 rings (SSSR count). The fraction of sp³-hybridized carbons (Fsp3) is 0.667. The van der Waals surface area contributed by atoms with E-state index in [1.54, 1.807) is 0 Å². The molecular weight excluding hydrogens is 222 g/mol. The third-order valence-corrected chi connectivity index (χ3v) is 3.68. The third-order valence-electron chi connectivity index (χ3n) is 3.68. The molecule has 18 heavy (non-hydrogen) atoms. The molecule has 0 aliphatic carbocycles. The normalized spacial score (nSPS) is 22.1. The minimum atomic E-state index is 0.324. The van der Waals surface area contributed by atoms with Crippen LogP contribution in [0.4, 0.5) is 0 Å². The van der Waals surface area contributed by atoms with E-state index in [1.165, 1.54) is 5.56 Å². The van der Waals surface area contributed by atoms with Crippen molar-refractivity contribution in [3.63, 3.8) is 0 Å². The first-order chi connectivity index (χ1) is 8.45. The van der Waals surface area contributed by atoms with Gasteiger partial charge in [-0.15, -0.1) is 0 Å². The molecule has 0 amide bonds. The molecule has 3 heteroatoms. The highest BCUT2D eigenvalue weighted by atomic mass is 15.2. The summed E-state index contributed by atoms with van der Waals surface area (Å²) in [4.78, 5) is 6.90. The van der Waals surface area contributed by atoms with E-state index in [2.05, 4.69) is 48.1 Å². The summed E-state index contributed by atoms with van der Waals surface area (Å²) in [6.45, 7) is 13.3. The zero-order chi connectivity index (χ0) is 13.2. The molecule has 1 fully saturated rings. The van der Waals surface area contributed by atoms with Crippen LogP contribution >= 0.6 is 0 Å². The Morgan fingerprint density at radius 3 is 2.78 bits per heavy atom. The number of rotatable bonds is 2. The first-order valence-corrected chi connectivity index (χ1v) is 6.82. The number of pyridine rings is 1. The van der Waals surface area contributed by atoms with Crippen LogP contribution in [0.5, 0.6) is 0 Å². The van der Waals surface area contributed by atoms with Gasteiger partial charge in [0, 0.05) is 44.1 Å². The maximum atomic E-state index is 4.37. The summed E-state index contributed by atoms with van der Waals surface area (Å²) in [6.07, 6.45) is 2.00. The van der Waals surface area contributed by atoms with Crippen LogP contribution in [0, 0.1) is 12.3 Å². The standard InChI is InChI=1S/C15H25N3/c1-12-5-6-13(9-17-12)10-18-8-7-16-14(11-18)15(2,3)4/h5-6,9,14,16H,7-8,10-11H2,1-4H3. The minimum Gasteiger partial charge on any atom is -0.311 e. The summed E-state index contributed by atoms with van der Waals surface area (Å²) in [5.41, 5.74) is 2.73. The van der Waals surface area contributed by atoms with Crippen LogP contribution in [-0.2, 0) is 6.54 Å². The van der Waals surface area contributed by atoms with Crippen LogP contribution < -0.4 is 5.32 Å². The Balaban J connectivity index is 1.95. The van der Waals surface area contributed by atoms with Crippen molar-refractivity contribution in [3.05, 3.63) is 29.6 Å². The van der Waals surface area contributed by atoms with Crippen LogP contribution in [-0.4, -0.2) is 35.6 Å². The third kappa shape index (κ3) is 3.53. The molecule has 1 aromatic heterocycles. The molecule has 1 N–H and O–H groups in total. The van der Waals surface area contributed by atoms with Crippen molar-refractivity contribution in [1.29, 1.82) is 0 Å². The lowest BCUT2D eigenvalue weighted by Gasteiger charge is -2.40. The van der Waals surface area contributed by atoms with Gasteiger partial charge in [0.15, 0.2) is 0 Å². The predicted molar refractivity (Wildman–Crippen MR) is 75.5 cm³/mol. The lowest BCUT2D eigenvalue weighted by Crippen LogP contribution is -2.55. The highest BCUT2D eigenvalue weighted by Crippen LogP contribution is 2.22. The Kier molecular flexibility index (Phi) is 4.03. The molecule has 0 aromatic carbocycles. The van der Waals surface area contributed by atoms with Crippen molar-refractivity contribution in [2.75, 3.05) is 19.6 Å². The Labute approximate surface area is 111 Å². The number of aromatic nitrogens is 1. The van der Waals surface area contributed by atoms with E-state index in [-0.39, 0.29) is 0 Å². The molecule has 0 saturated carbocycles. The number of nitrogens with zero attached hydrogens (tertiary/aromatic N) is 2. The second-order valence-corrected chi connectivity index (χ2v) is 6.42. The molecule has 100 valence electrons. The molecule has 2 heterocycles. The van der Waals surface area contributed by atoms with E-state index in [9.17, 15) is 0 Å². The lowest BCUT2D eigenvalue weighted by molar-refractivity contribution is 0.129. The van der Waals surface area contributed by atoms with Crippen LogP contribution in [0.15, 0.2) is 18.3 Å². The van der Waals surface area contributed by atoms with Gasteiger partial charge in [-0.25, -0.2) is 0 Å². The first kappa shape index (κ1) is 13.5. The van der Waals surface area contributed by atoms with E-state index in [1.807, 2.05) is 13.1 Å². The van der Waals surface area contributed by atoms with E-state index in [0.29, 0.717) is 11.5 Å². The number of aryl methyl sites for hydroxylation is 1. The summed E-state index contributed by atoms with van der Waals surface area (Å²) in [6, 6.07) is 4.86. The highest BCUT2D eigenvalue weighted by Gasteiger charge is 2.29. The number of hydrogen-bond donors (Lipinski definition) is 1. The molecule has 1 aliphatic heterocycles. The Bertz CT molecular complexity index is 378. The Morgan fingerprint density at radius 2 is 2.17 bits per heavy atom. The topological polar surface area (TPSA) is 28.2 Å². The summed E-state index contributed by atoms with van der Waals surface area (Å²) >= 11 is 0. The Hall–Kier alpha value is -0.930. The predicted octanol–water partition coefficient (Wildman–Crippen LogP) is 2.21. The monoisotopic (exact) mass is 247 g/mol. The maximum absolute atomic E-state index is 4.37. The van der Waals surface area contributed by atoms with Crippen molar-refractivity contribution in [1.82, 2.24) is 15.2 Å². The molecule has 0 radical (unpaired) electrons. The Morgan fingerprint density at radius 1 is 1.39 bits per heavy atom. The molecule has 0 bridgehead atoms. The first-order valence-electron chi connectivity index (χ1n) is 6.82. The van der Waals surface area contributed by atoms with Gasteiger partial charge >= 0.3 is 0 Å². The lowest BCUT2D eigenvalue weighted by atomic mass is 9.85. The van der Waals surface area contributed by atoms with E-state index in [4.69, 9.17) is 0 Å². The number of nitrogens with one attached hydrogen (secondary N) is 1. The van der Waals surface area contributed by atoms with Gasteiger partial charge in [-0.05, 0) is 24.0 Å². The van der Waals surface area contributed by atoms with Gasteiger partial charge < -0.3 is 5.32 Å². The average Bonchev–Trinajstić information content (AvgIpc) is 2.31. The van der Waals surface area contributed by atoms with E-state index in [0.717, 1.165) is 31.9 Å². The maximum Gasteiger partial charge on any atom is 0.0372 e. The summed E-state index contributed by atoms with van der Waals surface area (Å²) in [5.74, 6) is 0. The van der Waals surface area contributed by atoms with Gasteiger partial charge in [0.25, 0.3) is 0 Å². The fourth-order valence-electron chi connectivity index (χ4n) is 2.38. The van der Waals surface area contributed by atoms with Crippen LogP contribution in [0.1, 0.15) is 32.0 Å². The second kappa shape index (κ2) is 5.37. The zero-order valence-electron chi connectivity index (χ0n) is 12.0. The largest absolute Gasteiger partial charge is 0.311 e. The molecule has 3 nitrogen and oxygen atoms in total. The van der Waals surface area contributed by atoms with E-state index < -0.39 is 0 Å². The zero-order valence-corrected chi connectivity index (χ0v) is 12.0. The van der Waals surface area contributed by atoms with Gasteiger partial charge in [0.2, 0.25) is 0 Å². The average molecular weight is 247 g/mol. The van der Waals surface area contributed by atoms with Crippen LogP contribution in [0.25, 0.3) is 0 Å². The van der Waals surface area contributed by atoms with Crippen LogP contribution in [0.2, 0.25) is 0 Å². The molecule has 0 spiro atoms. The van der Waals surface area contributed by atoms with Gasteiger partial charge in [-0.1, -0.05) is 26.8 Å². The quantitative estimate of drug-likeness (QED) is 0.868. The van der Waals surface area contributed by atoms with Crippen LogP contribution in [0.3, 0.4) is 0 Å². The molecule has 1 unspecified atom stereocenters. The molecule has 1 aromatic rings. The molecule has 1 aliphatic rings. The smallest absolute Gasteiger partial charge is 0.0372 e. The van der Waals surface area contributed by atoms with Gasteiger partial charge in [-0.3, -0.25) is 9.88 Å². The summed E-state index contributed by atoms with van der Waals surface area (Å²) in [7, 11) is 0. The minimum absolute atomic E-state index is 0.324. The van der Waals surface area contributed by atoms with Gasteiger partial charge in [-0.2, -0.15) is 0 Å². The van der Waals surface area contributed by atoms with E-state index >= 15 is 0 Å². The molecule has 1 saturated heterocycles. The fourth-order valence-corrected chi connectivity index (χ4v) is 2.38. The number of hydrogen-bond acceptors (Lipinski definition) is 3. The van der Waals surface area contributed by atoms with Crippen molar-refractivity contribution >= 4 is 0 Å². The second-order valence-electron chi connectivity index (χ2n) is 6.42. The molecule has 1 atom stereocenters. The van der Waals surface area contributed by atoms with Crippen molar-refractivity contribution < 1.29 is 0 Å². The highest BCUT2D eigenvalue weighted by molar-refractivity contribution is 5.13. The van der Waals surface area contributed by atoms with Crippen molar-refractivity contribution in [2.24, 2.45) is 5.41 Å². The van der Waals surface area contributed by atoms with Gasteiger partial charge in [0.05, 0.1) is 0 Å². The summed E-state index contributed by atoms with van der Waals surface area (Å²) < 4.78 is 0. The molecular formula is C15H25N3. The van der Waals surface area contributed by atoms with Gasteiger partial charge in [0.1, 0.15) is 0 Å².